The van der Waals surface area contributed by atoms with E-state index in [2.05, 4.69) is 14.5 Å². The highest BCUT2D eigenvalue weighted by atomic mass is 32.2. The number of hydrogen-bond acceptors (Lipinski definition) is 4. The summed E-state index contributed by atoms with van der Waals surface area (Å²) in [5, 5.41) is 0.0658. The first-order valence-electron chi connectivity index (χ1n) is 7.12. The van der Waals surface area contributed by atoms with Gasteiger partial charge in [-0.2, -0.15) is 11.8 Å². The number of amides is 1. The van der Waals surface area contributed by atoms with Crippen LogP contribution in [0.4, 0.5) is 0 Å². The van der Waals surface area contributed by atoms with Crippen LogP contribution in [0, 0.1) is 0 Å². The molecule has 0 aliphatic carbocycles. The SMILES string of the molecule is CS[C@@H](C)C(=O)N1CCCN(Cc2nccn2C)CC1. The standard InChI is InChI=1S/C14H24N4OS/c1-12(20-3)14(19)18-7-4-6-17(9-10-18)11-13-15-5-8-16(13)2/h5,8,12H,4,6-7,9-11H2,1-3H3/t12-/m0/s1. The lowest BCUT2D eigenvalue weighted by atomic mass is 10.3. The van der Waals surface area contributed by atoms with E-state index in [9.17, 15) is 4.79 Å². The third kappa shape index (κ3) is 3.76. The summed E-state index contributed by atoms with van der Waals surface area (Å²) in [5.41, 5.74) is 0. The number of imidazole rings is 1. The maximum absolute atomic E-state index is 12.2. The van der Waals surface area contributed by atoms with Crippen molar-refractivity contribution in [3.8, 4) is 0 Å². The Labute approximate surface area is 125 Å². The summed E-state index contributed by atoms with van der Waals surface area (Å²) in [7, 11) is 2.02. The van der Waals surface area contributed by atoms with Crippen molar-refractivity contribution in [2.75, 3.05) is 32.4 Å². The van der Waals surface area contributed by atoms with E-state index in [1.54, 1.807) is 11.8 Å². The molecule has 0 saturated carbocycles. The van der Waals surface area contributed by atoms with Crippen molar-refractivity contribution in [3.63, 3.8) is 0 Å². The average Bonchev–Trinajstić information content (AvgIpc) is 2.72. The van der Waals surface area contributed by atoms with Crippen molar-refractivity contribution in [2.24, 2.45) is 7.05 Å². The Morgan fingerprint density at radius 1 is 1.40 bits per heavy atom. The topological polar surface area (TPSA) is 41.4 Å². The van der Waals surface area contributed by atoms with Gasteiger partial charge in [-0.1, -0.05) is 0 Å². The highest BCUT2D eigenvalue weighted by Gasteiger charge is 2.23. The van der Waals surface area contributed by atoms with Gasteiger partial charge in [0, 0.05) is 45.6 Å². The molecule has 0 unspecified atom stereocenters. The van der Waals surface area contributed by atoms with Gasteiger partial charge in [-0.05, 0) is 19.6 Å². The van der Waals surface area contributed by atoms with Gasteiger partial charge in [-0.3, -0.25) is 9.69 Å². The van der Waals surface area contributed by atoms with Crippen LogP contribution in [0.5, 0.6) is 0 Å². The Bertz CT molecular complexity index is 448. The Morgan fingerprint density at radius 2 is 2.20 bits per heavy atom. The van der Waals surface area contributed by atoms with Crippen molar-refractivity contribution in [1.82, 2.24) is 19.4 Å². The molecule has 0 N–H and O–H groups in total. The lowest BCUT2D eigenvalue weighted by Gasteiger charge is -2.24. The summed E-state index contributed by atoms with van der Waals surface area (Å²) >= 11 is 1.62. The first kappa shape index (κ1) is 15.4. The number of thioether (sulfide) groups is 1. The number of carbonyl (C=O) groups is 1. The lowest BCUT2D eigenvalue weighted by molar-refractivity contribution is -0.130. The monoisotopic (exact) mass is 296 g/mol. The quantitative estimate of drug-likeness (QED) is 0.837. The van der Waals surface area contributed by atoms with Gasteiger partial charge in [0.05, 0.1) is 11.8 Å². The van der Waals surface area contributed by atoms with Gasteiger partial charge >= 0.3 is 0 Å². The maximum atomic E-state index is 12.2. The summed E-state index contributed by atoms with van der Waals surface area (Å²) in [6.07, 6.45) is 6.84. The molecule has 112 valence electrons. The number of hydrogen-bond donors (Lipinski definition) is 0. The van der Waals surface area contributed by atoms with E-state index in [-0.39, 0.29) is 11.2 Å². The third-order valence-electron chi connectivity index (χ3n) is 3.89. The molecule has 1 aliphatic rings. The minimum Gasteiger partial charge on any atom is -0.340 e. The van der Waals surface area contributed by atoms with Crippen LogP contribution in [0.1, 0.15) is 19.2 Å². The number of carbonyl (C=O) groups excluding carboxylic acids is 1. The number of rotatable bonds is 4. The first-order valence-corrected chi connectivity index (χ1v) is 8.40. The fraction of sp³-hybridized carbons (Fsp3) is 0.714. The van der Waals surface area contributed by atoms with Gasteiger partial charge in [-0.25, -0.2) is 4.98 Å². The Kier molecular flexibility index (Phi) is 5.48. The lowest BCUT2D eigenvalue weighted by Crippen LogP contribution is -2.39. The van der Waals surface area contributed by atoms with Crippen LogP contribution in [0.25, 0.3) is 0 Å². The molecule has 0 bridgehead atoms. The minimum atomic E-state index is 0.0658. The van der Waals surface area contributed by atoms with Crippen LogP contribution in [-0.4, -0.2) is 62.9 Å². The second-order valence-electron chi connectivity index (χ2n) is 5.29. The largest absolute Gasteiger partial charge is 0.340 e. The van der Waals surface area contributed by atoms with E-state index in [0.717, 1.165) is 45.0 Å². The second kappa shape index (κ2) is 7.13. The molecule has 1 amide bonds. The molecule has 0 radical (unpaired) electrons. The number of aryl methyl sites for hydroxylation is 1. The predicted molar refractivity (Wildman–Crippen MR) is 82.7 cm³/mol. The summed E-state index contributed by atoms with van der Waals surface area (Å²) in [5.74, 6) is 1.36. The highest BCUT2D eigenvalue weighted by Crippen LogP contribution is 2.13. The van der Waals surface area contributed by atoms with E-state index in [1.165, 1.54) is 0 Å². The van der Waals surface area contributed by atoms with E-state index in [1.807, 2.05) is 37.5 Å². The average molecular weight is 296 g/mol. The molecule has 1 fully saturated rings. The van der Waals surface area contributed by atoms with Crippen LogP contribution in [0.15, 0.2) is 12.4 Å². The molecule has 0 aromatic carbocycles. The third-order valence-corrected chi connectivity index (χ3v) is 4.80. The number of aromatic nitrogens is 2. The van der Waals surface area contributed by atoms with E-state index in [4.69, 9.17) is 0 Å². The molecule has 5 nitrogen and oxygen atoms in total. The fourth-order valence-corrected chi connectivity index (χ4v) is 2.81. The molecule has 20 heavy (non-hydrogen) atoms. The van der Waals surface area contributed by atoms with Crippen molar-refractivity contribution < 1.29 is 4.79 Å². The highest BCUT2D eigenvalue weighted by molar-refractivity contribution is 7.99. The molecule has 1 aromatic rings. The molecular formula is C14H24N4OS. The summed E-state index contributed by atoms with van der Waals surface area (Å²) in [6.45, 7) is 6.52. The van der Waals surface area contributed by atoms with E-state index in [0.29, 0.717) is 0 Å². The summed E-state index contributed by atoms with van der Waals surface area (Å²) < 4.78 is 2.06. The van der Waals surface area contributed by atoms with Crippen LogP contribution in [0.3, 0.4) is 0 Å². The second-order valence-corrected chi connectivity index (χ2v) is 6.47. The molecule has 1 saturated heterocycles. The van der Waals surface area contributed by atoms with Crippen molar-refractivity contribution in [1.29, 1.82) is 0 Å². The molecule has 1 atom stereocenters. The fourth-order valence-electron chi connectivity index (χ4n) is 2.46. The van der Waals surface area contributed by atoms with Gasteiger partial charge in [-0.15, -0.1) is 0 Å². The Balaban J connectivity index is 1.89. The van der Waals surface area contributed by atoms with Crippen LogP contribution in [-0.2, 0) is 18.4 Å². The maximum Gasteiger partial charge on any atom is 0.235 e. The van der Waals surface area contributed by atoms with Gasteiger partial charge in [0.25, 0.3) is 0 Å². The molecule has 0 spiro atoms. The zero-order valence-electron chi connectivity index (χ0n) is 12.6. The van der Waals surface area contributed by atoms with Crippen molar-refractivity contribution in [3.05, 3.63) is 18.2 Å². The molecule has 6 heteroatoms. The van der Waals surface area contributed by atoms with Crippen LogP contribution in [0.2, 0.25) is 0 Å². The predicted octanol–water partition coefficient (Wildman–Crippen LogP) is 1.21. The van der Waals surface area contributed by atoms with Gasteiger partial charge < -0.3 is 9.47 Å². The number of nitrogens with zero attached hydrogens (tertiary/aromatic N) is 4. The summed E-state index contributed by atoms with van der Waals surface area (Å²) in [6, 6.07) is 0. The zero-order valence-corrected chi connectivity index (χ0v) is 13.4. The van der Waals surface area contributed by atoms with Crippen LogP contribution < -0.4 is 0 Å². The zero-order chi connectivity index (χ0) is 14.5. The van der Waals surface area contributed by atoms with E-state index < -0.39 is 0 Å². The van der Waals surface area contributed by atoms with Gasteiger partial charge in [0.1, 0.15) is 5.82 Å². The Morgan fingerprint density at radius 3 is 2.85 bits per heavy atom. The van der Waals surface area contributed by atoms with Crippen molar-refractivity contribution >= 4 is 17.7 Å². The molecular weight excluding hydrogens is 272 g/mol. The first-order chi connectivity index (χ1) is 9.61. The van der Waals surface area contributed by atoms with Crippen molar-refractivity contribution in [2.45, 2.75) is 25.1 Å². The van der Waals surface area contributed by atoms with Crippen LogP contribution >= 0.6 is 11.8 Å². The van der Waals surface area contributed by atoms with Gasteiger partial charge in [0.2, 0.25) is 5.91 Å². The molecule has 2 rings (SSSR count). The molecule has 1 aromatic heterocycles. The van der Waals surface area contributed by atoms with Gasteiger partial charge in [0.15, 0.2) is 0 Å². The Hall–Kier alpha value is -1.01. The smallest absolute Gasteiger partial charge is 0.235 e. The summed E-state index contributed by atoms with van der Waals surface area (Å²) in [4.78, 5) is 21.0. The van der Waals surface area contributed by atoms with E-state index >= 15 is 0 Å². The molecule has 2 heterocycles. The minimum absolute atomic E-state index is 0.0658. The molecule has 1 aliphatic heterocycles. The normalized spacial score (nSPS) is 18.9.